The van der Waals surface area contributed by atoms with Gasteiger partial charge in [0.1, 0.15) is 6.10 Å². The van der Waals surface area contributed by atoms with Crippen LogP contribution in [0.3, 0.4) is 0 Å². The number of rotatable bonds is 1. The quantitative estimate of drug-likeness (QED) is 0.601. The number of aliphatic hydroxyl groups excluding tert-OH is 1. The number of aliphatic hydroxyl groups is 1. The smallest absolute Gasteiger partial charge is 0.276 e. The highest BCUT2D eigenvalue weighted by Gasteiger charge is 2.33. The van der Waals surface area contributed by atoms with E-state index in [0.29, 0.717) is 5.56 Å². The van der Waals surface area contributed by atoms with Crippen LogP contribution in [0.4, 0.5) is 5.69 Å². The van der Waals surface area contributed by atoms with E-state index in [1.807, 2.05) is 18.2 Å². The summed E-state index contributed by atoms with van der Waals surface area (Å²) in [5, 5.41) is 21.1. The van der Waals surface area contributed by atoms with Crippen molar-refractivity contribution in [1.29, 1.82) is 0 Å². The molecule has 3 rings (SSSR count). The van der Waals surface area contributed by atoms with Crippen molar-refractivity contribution in [3.05, 3.63) is 63.7 Å². The first-order valence-electron chi connectivity index (χ1n) is 5.25. The summed E-state index contributed by atoms with van der Waals surface area (Å²) >= 11 is 0. The second-order valence-electron chi connectivity index (χ2n) is 3.99. The maximum Gasteiger partial charge on any atom is 0.276 e. The summed E-state index contributed by atoms with van der Waals surface area (Å²) in [6.07, 6.45) is -0.900. The molecule has 1 N–H and O–H groups in total. The van der Waals surface area contributed by atoms with E-state index in [1.54, 1.807) is 18.2 Å². The molecular formula is C13H9NO3. The highest BCUT2D eigenvalue weighted by Crippen LogP contribution is 2.46. The SMILES string of the molecule is O=[N+]([O-])c1cccc2c1C(O)c1ccccc1-2. The van der Waals surface area contributed by atoms with Crippen LogP contribution in [0.15, 0.2) is 42.5 Å². The Bertz CT molecular complexity index is 622. The maximum absolute atomic E-state index is 11.0. The number of nitro groups is 1. The van der Waals surface area contributed by atoms with Crippen LogP contribution in [0, 0.1) is 10.1 Å². The van der Waals surface area contributed by atoms with Gasteiger partial charge in [-0.2, -0.15) is 0 Å². The molecule has 0 spiro atoms. The molecule has 0 fully saturated rings. The van der Waals surface area contributed by atoms with Crippen LogP contribution in [0.5, 0.6) is 0 Å². The number of nitro benzene ring substituents is 1. The van der Waals surface area contributed by atoms with Crippen molar-refractivity contribution in [2.24, 2.45) is 0 Å². The fraction of sp³-hybridized carbons (Fsp3) is 0.0769. The molecule has 0 heterocycles. The molecule has 1 unspecified atom stereocenters. The van der Waals surface area contributed by atoms with E-state index in [9.17, 15) is 15.2 Å². The Balaban J connectivity index is 2.34. The Morgan fingerprint density at radius 3 is 2.53 bits per heavy atom. The fourth-order valence-electron chi connectivity index (χ4n) is 2.37. The van der Waals surface area contributed by atoms with Gasteiger partial charge in [-0.25, -0.2) is 0 Å². The van der Waals surface area contributed by atoms with Gasteiger partial charge in [0.15, 0.2) is 0 Å². The maximum atomic E-state index is 11.0. The minimum absolute atomic E-state index is 0.0220. The average Bonchev–Trinajstić information content (AvgIpc) is 2.64. The van der Waals surface area contributed by atoms with Crippen molar-refractivity contribution in [2.45, 2.75) is 6.10 Å². The second kappa shape index (κ2) is 3.40. The lowest BCUT2D eigenvalue weighted by molar-refractivity contribution is -0.385. The van der Waals surface area contributed by atoms with E-state index in [-0.39, 0.29) is 5.69 Å². The number of benzene rings is 2. The van der Waals surface area contributed by atoms with Crippen molar-refractivity contribution < 1.29 is 10.0 Å². The minimum atomic E-state index is -0.900. The van der Waals surface area contributed by atoms with Crippen LogP contribution >= 0.6 is 0 Å². The number of hydrogen-bond acceptors (Lipinski definition) is 3. The molecule has 17 heavy (non-hydrogen) atoms. The summed E-state index contributed by atoms with van der Waals surface area (Å²) < 4.78 is 0. The van der Waals surface area contributed by atoms with Gasteiger partial charge in [0.2, 0.25) is 0 Å². The Hall–Kier alpha value is -2.20. The fourth-order valence-corrected chi connectivity index (χ4v) is 2.37. The summed E-state index contributed by atoms with van der Waals surface area (Å²) in [6, 6.07) is 12.2. The third kappa shape index (κ3) is 1.28. The van der Waals surface area contributed by atoms with Crippen LogP contribution in [0.1, 0.15) is 17.2 Å². The summed E-state index contributed by atoms with van der Waals surface area (Å²) in [5.74, 6) is 0. The van der Waals surface area contributed by atoms with Gasteiger partial charge in [-0.1, -0.05) is 36.4 Å². The second-order valence-corrected chi connectivity index (χ2v) is 3.99. The molecule has 0 saturated heterocycles. The Kier molecular flexibility index (Phi) is 2.00. The zero-order chi connectivity index (χ0) is 12.0. The highest BCUT2D eigenvalue weighted by molar-refractivity contribution is 5.81. The van der Waals surface area contributed by atoms with Crippen molar-refractivity contribution in [3.8, 4) is 11.1 Å². The Morgan fingerprint density at radius 1 is 1.06 bits per heavy atom. The van der Waals surface area contributed by atoms with E-state index in [0.717, 1.165) is 16.7 Å². The van der Waals surface area contributed by atoms with Crippen LogP contribution in [-0.4, -0.2) is 10.0 Å². The van der Waals surface area contributed by atoms with Crippen LogP contribution in [0.2, 0.25) is 0 Å². The molecule has 4 heteroatoms. The zero-order valence-electron chi connectivity index (χ0n) is 8.83. The molecular weight excluding hydrogens is 218 g/mol. The van der Waals surface area contributed by atoms with Gasteiger partial charge in [-0.05, 0) is 16.7 Å². The van der Waals surface area contributed by atoms with Crippen molar-refractivity contribution in [3.63, 3.8) is 0 Å². The lowest BCUT2D eigenvalue weighted by Gasteiger charge is -2.05. The topological polar surface area (TPSA) is 63.4 Å². The van der Waals surface area contributed by atoms with Crippen molar-refractivity contribution >= 4 is 5.69 Å². The van der Waals surface area contributed by atoms with Gasteiger partial charge in [0, 0.05) is 6.07 Å². The summed E-state index contributed by atoms with van der Waals surface area (Å²) in [4.78, 5) is 10.5. The molecule has 0 aromatic heterocycles. The van der Waals surface area contributed by atoms with E-state index >= 15 is 0 Å². The first kappa shape index (κ1) is 9.99. The standard InChI is InChI=1S/C13H9NO3/c15-13-10-5-2-1-4-8(10)9-6-3-7-11(12(9)13)14(16)17/h1-7,13,15H. The average molecular weight is 227 g/mol. The molecule has 1 aliphatic rings. The summed E-state index contributed by atoms with van der Waals surface area (Å²) in [6.45, 7) is 0. The van der Waals surface area contributed by atoms with Crippen molar-refractivity contribution in [2.75, 3.05) is 0 Å². The Morgan fingerprint density at radius 2 is 1.76 bits per heavy atom. The molecule has 0 aliphatic heterocycles. The molecule has 0 radical (unpaired) electrons. The molecule has 1 aliphatic carbocycles. The van der Waals surface area contributed by atoms with E-state index < -0.39 is 11.0 Å². The van der Waals surface area contributed by atoms with Crippen LogP contribution in [-0.2, 0) is 0 Å². The normalized spacial score (nSPS) is 16.4. The van der Waals surface area contributed by atoms with Gasteiger partial charge in [0.25, 0.3) is 5.69 Å². The molecule has 4 nitrogen and oxygen atoms in total. The third-order valence-electron chi connectivity index (χ3n) is 3.10. The number of hydrogen-bond donors (Lipinski definition) is 1. The highest BCUT2D eigenvalue weighted by atomic mass is 16.6. The summed E-state index contributed by atoms with van der Waals surface area (Å²) in [7, 11) is 0. The van der Waals surface area contributed by atoms with Gasteiger partial charge in [-0.15, -0.1) is 0 Å². The van der Waals surface area contributed by atoms with Crippen LogP contribution in [0.25, 0.3) is 11.1 Å². The third-order valence-corrected chi connectivity index (χ3v) is 3.10. The van der Waals surface area contributed by atoms with E-state index in [2.05, 4.69) is 0 Å². The van der Waals surface area contributed by atoms with Crippen LogP contribution < -0.4 is 0 Å². The first-order valence-corrected chi connectivity index (χ1v) is 5.25. The summed E-state index contributed by atoms with van der Waals surface area (Å²) in [5.41, 5.74) is 2.74. The van der Waals surface area contributed by atoms with E-state index in [1.165, 1.54) is 6.07 Å². The molecule has 84 valence electrons. The predicted molar refractivity (Wildman–Crippen MR) is 62.6 cm³/mol. The van der Waals surface area contributed by atoms with Gasteiger partial charge in [0.05, 0.1) is 10.5 Å². The molecule has 0 saturated carbocycles. The van der Waals surface area contributed by atoms with E-state index in [4.69, 9.17) is 0 Å². The van der Waals surface area contributed by atoms with Crippen molar-refractivity contribution in [1.82, 2.24) is 0 Å². The van der Waals surface area contributed by atoms with Gasteiger partial charge >= 0.3 is 0 Å². The largest absolute Gasteiger partial charge is 0.383 e. The van der Waals surface area contributed by atoms with Gasteiger partial charge in [-0.3, -0.25) is 10.1 Å². The molecule has 0 bridgehead atoms. The van der Waals surface area contributed by atoms with Gasteiger partial charge < -0.3 is 5.11 Å². The lowest BCUT2D eigenvalue weighted by atomic mass is 10.0. The zero-order valence-corrected chi connectivity index (χ0v) is 8.83. The molecule has 0 amide bonds. The lowest BCUT2D eigenvalue weighted by Crippen LogP contribution is -1.99. The molecule has 1 atom stereocenters. The minimum Gasteiger partial charge on any atom is -0.383 e. The number of nitrogens with zero attached hydrogens (tertiary/aromatic N) is 1. The molecule has 2 aromatic rings. The number of fused-ring (bicyclic) bond motifs is 3. The Labute approximate surface area is 97.3 Å². The molecule has 2 aromatic carbocycles. The first-order chi connectivity index (χ1) is 8.20. The predicted octanol–water partition coefficient (Wildman–Crippen LogP) is 2.66. The monoisotopic (exact) mass is 227 g/mol.